The third-order valence-corrected chi connectivity index (χ3v) is 3.30. The Morgan fingerprint density at radius 2 is 2.00 bits per heavy atom. The highest BCUT2D eigenvalue weighted by atomic mass is 16.5. The normalized spacial score (nSPS) is 10.7. The zero-order valence-electron chi connectivity index (χ0n) is 11.8. The average Bonchev–Trinajstić information content (AvgIpc) is 2.91. The zero-order chi connectivity index (χ0) is 14.7. The standard InChI is InChI=1S/C17H16N2O2/c1-13-6-5-9-19-11-15(18-17(13)19)12-21-16(20)10-14-7-3-2-4-8-14/h2-9,11H,10,12H2,1H3. The summed E-state index contributed by atoms with van der Waals surface area (Å²) in [7, 11) is 0. The van der Waals surface area contributed by atoms with Gasteiger partial charge in [-0.2, -0.15) is 0 Å². The van der Waals surface area contributed by atoms with Gasteiger partial charge in [0.05, 0.1) is 12.1 Å². The number of ether oxygens (including phenoxy) is 1. The Morgan fingerprint density at radius 1 is 1.19 bits per heavy atom. The Bertz CT molecular complexity index is 763. The van der Waals surface area contributed by atoms with Gasteiger partial charge in [-0.15, -0.1) is 0 Å². The molecule has 2 aromatic heterocycles. The summed E-state index contributed by atoms with van der Waals surface area (Å²) >= 11 is 0. The summed E-state index contributed by atoms with van der Waals surface area (Å²) in [6, 6.07) is 13.5. The van der Waals surface area contributed by atoms with Crippen molar-refractivity contribution in [3.63, 3.8) is 0 Å². The number of aromatic nitrogens is 2. The highest BCUT2D eigenvalue weighted by Crippen LogP contribution is 2.11. The van der Waals surface area contributed by atoms with Crippen LogP contribution in [0.15, 0.2) is 54.9 Å². The minimum absolute atomic E-state index is 0.201. The lowest BCUT2D eigenvalue weighted by Gasteiger charge is -2.02. The number of hydrogen-bond acceptors (Lipinski definition) is 3. The van der Waals surface area contributed by atoms with E-state index in [4.69, 9.17) is 4.74 Å². The van der Waals surface area contributed by atoms with E-state index in [-0.39, 0.29) is 19.0 Å². The molecule has 0 fully saturated rings. The van der Waals surface area contributed by atoms with Gasteiger partial charge in [-0.05, 0) is 24.1 Å². The van der Waals surface area contributed by atoms with Crippen LogP contribution >= 0.6 is 0 Å². The van der Waals surface area contributed by atoms with E-state index in [9.17, 15) is 4.79 Å². The van der Waals surface area contributed by atoms with Gasteiger partial charge >= 0.3 is 5.97 Å². The second-order valence-electron chi connectivity index (χ2n) is 4.98. The molecule has 0 aliphatic heterocycles. The molecule has 2 heterocycles. The van der Waals surface area contributed by atoms with Gasteiger partial charge in [0.25, 0.3) is 0 Å². The van der Waals surface area contributed by atoms with Gasteiger partial charge in [-0.25, -0.2) is 4.98 Å². The van der Waals surface area contributed by atoms with Crippen LogP contribution in [0.2, 0.25) is 0 Å². The van der Waals surface area contributed by atoms with E-state index in [1.54, 1.807) is 0 Å². The molecule has 0 aliphatic rings. The first-order valence-corrected chi connectivity index (χ1v) is 6.85. The molecule has 0 spiro atoms. The molecule has 0 amide bonds. The van der Waals surface area contributed by atoms with Crippen molar-refractivity contribution >= 4 is 11.6 Å². The number of imidazole rings is 1. The maximum Gasteiger partial charge on any atom is 0.310 e. The highest BCUT2D eigenvalue weighted by Gasteiger charge is 2.08. The van der Waals surface area contributed by atoms with Gasteiger partial charge in [-0.3, -0.25) is 4.79 Å². The average molecular weight is 280 g/mol. The largest absolute Gasteiger partial charge is 0.459 e. The number of fused-ring (bicyclic) bond motifs is 1. The number of pyridine rings is 1. The predicted molar refractivity (Wildman–Crippen MR) is 79.9 cm³/mol. The number of carbonyl (C=O) groups is 1. The van der Waals surface area contributed by atoms with Crippen molar-refractivity contribution in [2.24, 2.45) is 0 Å². The van der Waals surface area contributed by atoms with Gasteiger partial charge in [-0.1, -0.05) is 36.4 Å². The molecule has 3 aromatic rings. The quantitative estimate of drug-likeness (QED) is 0.690. The topological polar surface area (TPSA) is 43.6 Å². The molecule has 3 rings (SSSR count). The van der Waals surface area contributed by atoms with Crippen LogP contribution in [0.25, 0.3) is 5.65 Å². The molecule has 0 bridgehead atoms. The van der Waals surface area contributed by atoms with Gasteiger partial charge < -0.3 is 9.14 Å². The second-order valence-corrected chi connectivity index (χ2v) is 4.98. The van der Waals surface area contributed by atoms with Crippen LogP contribution in [0.1, 0.15) is 16.8 Å². The Morgan fingerprint density at radius 3 is 2.76 bits per heavy atom. The molecule has 106 valence electrons. The third-order valence-electron chi connectivity index (χ3n) is 3.30. The molecular weight excluding hydrogens is 264 g/mol. The molecule has 0 saturated carbocycles. The van der Waals surface area contributed by atoms with Gasteiger partial charge in [0.15, 0.2) is 0 Å². The van der Waals surface area contributed by atoms with Crippen LogP contribution in [0.5, 0.6) is 0 Å². The molecule has 0 N–H and O–H groups in total. The van der Waals surface area contributed by atoms with E-state index in [0.717, 1.165) is 22.5 Å². The fourth-order valence-electron chi connectivity index (χ4n) is 2.24. The SMILES string of the molecule is Cc1cccn2cc(COC(=O)Cc3ccccc3)nc12. The molecule has 1 aromatic carbocycles. The number of nitrogens with zero attached hydrogens (tertiary/aromatic N) is 2. The number of aryl methyl sites for hydroxylation is 1. The predicted octanol–water partition coefficient (Wildman–Crippen LogP) is 2.93. The maximum absolute atomic E-state index is 11.8. The number of esters is 1. The minimum atomic E-state index is -0.241. The van der Waals surface area contributed by atoms with Crippen LogP contribution in [-0.4, -0.2) is 15.4 Å². The molecule has 0 saturated heterocycles. The second kappa shape index (κ2) is 5.79. The fourth-order valence-corrected chi connectivity index (χ4v) is 2.24. The number of hydrogen-bond donors (Lipinski definition) is 0. The van der Waals surface area contributed by atoms with Crippen molar-refractivity contribution in [3.8, 4) is 0 Å². The summed E-state index contributed by atoms with van der Waals surface area (Å²) in [5, 5.41) is 0. The lowest BCUT2D eigenvalue weighted by Crippen LogP contribution is -2.08. The first kappa shape index (κ1) is 13.4. The van der Waals surface area contributed by atoms with E-state index in [1.807, 2.05) is 66.2 Å². The maximum atomic E-state index is 11.8. The summed E-state index contributed by atoms with van der Waals surface area (Å²) in [6.07, 6.45) is 4.11. The Kier molecular flexibility index (Phi) is 3.69. The van der Waals surface area contributed by atoms with Crippen molar-refractivity contribution in [2.45, 2.75) is 20.0 Å². The van der Waals surface area contributed by atoms with Crippen molar-refractivity contribution < 1.29 is 9.53 Å². The van der Waals surface area contributed by atoms with E-state index in [0.29, 0.717) is 0 Å². The Hall–Kier alpha value is -2.62. The highest BCUT2D eigenvalue weighted by molar-refractivity contribution is 5.72. The smallest absolute Gasteiger partial charge is 0.310 e. The molecular formula is C17H16N2O2. The fraction of sp³-hybridized carbons (Fsp3) is 0.176. The molecule has 0 atom stereocenters. The zero-order valence-corrected chi connectivity index (χ0v) is 11.8. The summed E-state index contributed by atoms with van der Waals surface area (Å²) < 4.78 is 7.23. The molecule has 4 heteroatoms. The van der Waals surface area contributed by atoms with E-state index < -0.39 is 0 Å². The lowest BCUT2D eigenvalue weighted by molar-refractivity contribution is -0.144. The van der Waals surface area contributed by atoms with E-state index >= 15 is 0 Å². The Balaban J connectivity index is 1.64. The number of benzene rings is 1. The molecule has 0 unspecified atom stereocenters. The first-order valence-electron chi connectivity index (χ1n) is 6.85. The van der Waals surface area contributed by atoms with Crippen molar-refractivity contribution in [2.75, 3.05) is 0 Å². The van der Waals surface area contributed by atoms with Crippen molar-refractivity contribution in [1.29, 1.82) is 0 Å². The summed E-state index contributed by atoms with van der Waals surface area (Å²) in [4.78, 5) is 16.3. The number of carbonyl (C=O) groups excluding carboxylic acids is 1. The molecule has 0 radical (unpaired) electrons. The van der Waals surface area contributed by atoms with Crippen molar-refractivity contribution in [1.82, 2.24) is 9.38 Å². The summed E-state index contributed by atoms with van der Waals surface area (Å²) in [5.74, 6) is -0.241. The Labute approximate surface area is 123 Å². The van der Waals surface area contributed by atoms with Crippen LogP contribution in [0.3, 0.4) is 0 Å². The monoisotopic (exact) mass is 280 g/mol. The van der Waals surface area contributed by atoms with E-state index in [1.165, 1.54) is 0 Å². The van der Waals surface area contributed by atoms with Crippen LogP contribution in [0, 0.1) is 6.92 Å². The molecule has 21 heavy (non-hydrogen) atoms. The van der Waals surface area contributed by atoms with Crippen LogP contribution < -0.4 is 0 Å². The van der Waals surface area contributed by atoms with Gasteiger partial charge in [0, 0.05) is 12.4 Å². The minimum Gasteiger partial charge on any atom is -0.459 e. The molecule has 0 aliphatic carbocycles. The third kappa shape index (κ3) is 3.11. The van der Waals surface area contributed by atoms with E-state index in [2.05, 4.69) is 4.98 Å². The van der Waals surface area contributed by atoms with Gasteiger partial charge in [0.2, 0.25) is 0 Å². The van der Waals surface area contributed by atoms with Gasteiger partial charge in [0.1, 0.15) is 12.3 Å². The first-order chi connectivity index (χ1) is 10.2. The van der Waals surface area contributed by atoms with Crippen LogP contribution in [0.4, 0.5) is 0 Å². The molecule has 4 nitrogen and oxygen atoms in total. The van der Waals surface area contributed by atoms with Crippen molar-refractivity contribution in [3.05, 3.63) is 71.7 Å². The summed E-state index contributed by atoms with van der Waals surface area (Å²) in [5.41, 5.74) is 3.70. The lowest BCUT2D eigenvalue weighted by atomic mass is 10.2. The van der Waals surface area contributed by atoms with Crippen LogP contribution in [-0.2, 0) is 22.6 Å². The summed E-state index contributed by atoms with van der Waals surface area (Å²) in [6.45, 7) is 2.21. The number of rotatable bonds is 4.